The number of nitrogens with zero attached hydrogens (tertiary/aromatic N) is 2. The number of benzene rings is 1. The molecule has 6 heteroatoms. The third-order valence-electron chi connectivity index (χ3n) is 2.92. The first-order chi connectivity index (χ1) is 10.1. The highest BCUT2D eigenvalue weighted by Crippen LogP contribution is 2.16. The second-order valence-corrected chi connectivity index (χ2v) is 4.96. The van der Waals surface area contributed by atoms with E-state index in [0.29, 0.717) is 27.8 Å². The van der Waals surface area contributed by atoms with Gasteiger partial charge in [0, 0.05) is 24.0 Å². The molecular weight excluding hydrogens is 290 g/mol. The van der Waals surface area contributed by atoms with Gasteiger partial charge >= 0.3 is 0 Å². The van der Waals surface area contributed by atoms with Crippen LogP contribution in [-0.4, -0.2) is 9.38 Å². The maximum absolute atomic E-state index is 12.0. The fourth-order valence-electron chi connectivity index (χ4n) is 1.96. The maximum atomic E-state index is 12.0. The van der Waals surface area contributed by atoms with E-state index in [-0.39, 0.29) is 12.2 Å². The van der Waals surface area contributed by atoms with E-state index in [9.17, 15) is 4.79 Å². The Morgan fingerprint density at radius 1 is 1.24 bits per heavy atom. The minimum atomic E-state index is -0.200. The number of rotatable bonds is 3. The van der Waals surface area contributed by atoms with Crippen molar-refractivity contribution >= 4 is 22.9 Å². The first-order valence-electron chi connectivity index (χ1n) is 6.28. The lowest BCUT2D eigenvalue weighted by Crippen LogP contribution is -2.16. The molecule has 2 aromatic heterocycles. The molecule has 0 aliphatic rings. The summed E-state index contributed by atoms with van der Waals surface area (Å²) in [5.74, 6) is 0.633. The van der Waals surface area contributed by atoms with Gasteiger partial charge in [-0.05, 0) is 24.3 Å². The number of halogens is 1. The average Bonchev–Trinajstić information content (AvgIpc) is 2.46. The number of fused-ring (bicyclic) bond motifs is 1. The van der Waals surface area contributed by atoms with Crippen molar-refractivity contribution < 1.29 is 4.74 Å². The van der Waals surface area contributed by atoms with Crippen LogP contribution in [0.5, 0.6) is 5.75 Å². The van der Waals surface area contributed by atoms with Crippen LogP contribution in [0.4, 0.5) is 5.69 Å². The number of hydrogen-bond acceptors (Lipinski definition) is 4. The van der Waals surface area contributed by atoms with E-state index in [2.05, 4.69) is 4.98 Å². The molecule has 1 aromatic carbocycles. The molecule has 0 unspecified atom stereocenters. The Morgan fingerprint density at radius 3 is 2.90 bits per heavy atom. The van der Waals surface area contributed by atoms with Crippen molar-refractivity contribution in [3.63, 3.8) is 0 Å². The second kappa shape index (κ2) is 5.46. The Labute approximate surface area is 125 Å². The van der Waals surface area contributed by atoms with Crippen molar-refractivity contribution in [2.24, 2.45) is 0 Å². The SMILES string of the molecule is Nc1cccc(OCc2cc(=O)n3cc(Cl)ccc3n2)c1. The minimum Gasteiger partial charge on any atom is -0.487 e. The fourth-order valence-corrected chi connectivity index (χ4v) is 2.12. The number of hydrogen-bond donors (Lipinski definition) is 1. The van der Waals surface area contributed by atoms with Gasteiger partial charge in [-0.1, -0.05) is 17.7 Å². The van der Waals surface area contributed by atoms with Crippen molar-refractivity contribution in [2.45, 2.75) is 6.61 Å². The van der Waals surface area contributed by atoms with Crippen LogP contribution in [-0.2, 0) is 6.61 Å². The van der Waals surface area contributed by atoms with Gasteiger partial charge in [-0.15, -0.1) is 0 Å². The summed E-state index contributed by atoms with van der Waals surface area (Å²) in [6, 6.07) is 11.9. The molecule has 0 amide bonds. The summed E-state index contributed by atoms with van der Waals surface area (Å²) < 4.78 is 6.98. The van der Waals surface area contributed by atoms with Crippen molar-refractivity contribution in [2.75, 3.05) is 5.73 Å². The summed E-state index contributed by atoms with van der Waals surface area (Å²) in [5, 5.41) is 0.482. The van der Waals surface area contributed by atoms with Gasteiger partial charge in [-0.3, -0.25) is 9.20 Å². The highest BCUT2D eigenvalue weighted by molar-refractivity contribution is 6.30. The largest absolute Gasteiger partial charge is 0.487 e. The standard InChI is InChI=1S/C15H12ClN3O2/c16-10-4-5-14-18-12(7-15(20)19(14)8-10)9-21-13-3-1-2-11(17)6-13/h1-8H,9,17H2. The highest BCUT2D eigenvalue weighted by Gasteiger charge is 2.04. The molecule has 0 atom stereocenters. The van der Waals surface area contributed by atoms with E-state index in [1.165, 1.54) is 16.7 Å². The summed E-state index contributed by atoms with van der Waals surface area (Å²) in [4.78, 5) is 16.4. The maximum Gasteiger partial charge on any atom is 0.258 e. The topological polar surface area (TPSA) is 69.6 Å². The van der Waals surface area contributed by atoms with Crippen molar-refractivity contribution in [1.29, 1.82) is 0 Å². The third kappa shape index (κ3) is 2.98. The zero-order valence-electron chi connectivity index (χ0n) is 11.0. The molecular formula is C15H12ClN3O2. The lowest BCUT2D eigenvalue weighted by molar-refractivity contribution is 0.301. The molecule has 0 spiro atoms. The first kappa shape index (κ1) is 13.5. The Morgan fingerprint density at radius 2 is 2.10 bits per heavy atom. The molecule has 106 valence electrons. The quantitative estimate of drug-likeness (QED) is 0.755. The predicted octanol–water partition coefficient (Wildman–Crippen LogP) is 2.51. The van der Waals surface area contributed by atoms with E-state index in [0.717, 1.165) is 0 Å². The number of aromatic nitrogens is 2. The highest BCUT2D eigenvalue weighted by atomic mass is 35.5. The van der Waals surface area contributed by atoms with Gasteiger partial charge in [0.2, 0.25) is 0 Å². The third-order valence-corrected chi connectivity index (χ3v) is 3.14. The zero-order chi connectivity index (χ0) is 14.8. The van der Waals surface area contributed by atoms with Crippen LogP contribution in [0, 0.1) is 0 Å². The summed E-state index contributed by atoms with van der Waals surface area (Å²) in [7, 11) is 0. The lowest BCUT2D eigenvalue weighted by atomic mass is 10.3. The minimum absolute atomic E-state index is 0.192. The van der Waals surface area contributed by atoms with E-state index < -0.39 is 0 Å². The van der Waals surface area contributed by atoms with E-state index >= 15 is 0 Å². The molecule has 0 saturated carbocycles. The molecule has 2 heterocycles. The van der Waals surface area contributed by atoms with Crippen LogP contribution in [0.2, 0.25) is 5.02 Å². The van der Waals surface area contributed by atoms with Gasteiger partial charge in [-0.2, -0.15) is 0 Å². The molecule has 0 bridgehead atoms. The monoisotopic (exact) mass is 301 g/mol. The molecule has 2 N–H and O–H groups in total. The summed E-state index contributed by atoms with van der Waals surface area (Å²) in [6.45, 7) is 0.192. The average molecular weight is 302 g/mol. The number of ether oxygens (including phenoxy) is 1. The van der Waals surface area contributed by atoms with Crippen molar-refractivity contribution in [3.8, 4) is 5.75 Å². The van der Waals surface area contributed by atoms with Crippen LogP contribution >= 0.6 is 11.6 Å². The van der Waals surface area contributed by atoms with Crippen molar-refractivity contribution in [1.82, 2.24) is 9.38 Å². The second-order valence-electron chi connectivity index (χ2n) is 4.52. The smallest absolute Gasteiger partial charge is 0.258 e. The number of nitrogens with two attached hydrogens (primary N) is 1. The normalized spacial score (nSPS) is 10.7. The Hall–Kier alpha value is -2.53. The van der Waals surface area contributed by atoms with Gasteiger partial charge in [0.25, 0.3) is 5.56 Å². The first-order valence-corrected chi connectivity index (χ1v) is 6.66. The summed E-state index contributed by atoms with van der Waals surface area (Å²) in [6.07, 6.45) is 1.54. The molecule has 5 nitrogen and oxygen atoms in total. The Balaban J connectivity index is 1.88. The molecule has 3 rings (SSSR count). The van der Waals surface area contributed by atoms with Gasteiger partial charge in [0.15, 0.2) is 0 Å². The zero-order valence-corrected chi connectivity index (χ0v) is 11.7. The van der Waals surface area contributed by atoms with E-state index in [1.54, 1.807) is 36.4 Å². The molecule has 0 saturated heterocycles. The molecule has 0 fully saturated rings. The van der Waals surface area contributed by atoms with Gasteiger partial charge in [0.1, 0.15) is 18.0 Å². The van der Waals surface area contributed by atoms with Crippen LogP contribution in [0.25, 0.3) is 5.65 Å². The van der Waals surface area contributed by atoms with E-state index in [1.807, 2.05) is 0 Å². The van der Waals surface area contributed by atoms with Gasteiger partial charge < -0.3 is 10.5 Å². The van der Waals surface area contributed by atoms with Crippen molar-refractivity contribution in [3.05, 3.63) is 69.7 Å². The molecule has 3 aromatic rings. The number of pyridine rings is 1. The van der Waals surface area contributed by atoms with Crippen LogP contribution < -0.4 is 16.0 Å². The molecule has 0 aliphatic carbocycles. The fraction of sp³-hybridized carbons (Fsp3) is 0.0667. The lowest BCUT2D eigenvalue weighted by Gasteiger charge is -2.07. The molecule has 21 heavy (non-hydrogen) atoms. The Kier molecular flexibility index (Phi) is 3.50. The van der Waals surface area contributed by atoms with Crippen LogP contribution in [0.1, 0.15) is 5.69 Å². The Bertz CT molecular complexity index is 861. The number of nitrogen functional groups attached to an aromatic ring is 1. The predicted molar refractivity (Wildman–Crippen MR) is 81.7 cm³/mol. The molecule has 0 aliphatic heterocycles. The van der Waals surface area contributed by atoms with E-state index in [4.69, 9.17) is 22.1 Å². The van der Waals surface area contributed by atoms with Crippen LogP contribution in [0.15, 0.2) is 53.5 Å². The van der Waals surface area contributed by atoms with Crippen LogP contribution in [0.3, 0.4) is 0 Å². The summed E-state index contributed by atoms with van der Waals surface area (Å²) >= 11 is 5.86. The number of anilines is 1. The molecule has 0 radical (unpaired) electrons. The van der Waals surface area contributed by atoms with Gasteiger partial charge in [-0.25, -0.2) is 4.98 Å². The van der Waals surface area contributed by atoms with Gasteiger partial charge in [0.05, 0.1) is 10.7 Å². The summed E-state index contributed by atoms with van der Waals surface area (Å²) in [5.41, 5.74) is 7.17.